The van der Waals surface area contributed by atoms with Crippen LogP contribution in [0.1, 0.15) is 35.3 Å². The standard InChI is InChI=1S/C46H38N2O2/c1-46(2)42-32-38(45(49)50)24-31-43(42)47(3)44(46)17-11-10-12-33-18-25-39(26-19-33)48(40-27-20-36(21-28-40)34-13-6-4-7-14-34)41-29-22-37(23-30-41)35-15-8-5-9-16-35/h4-32H,1-3H3/p+1. The molecule has 0 amide bonds. The molecule has 1 aliphatic rings. The average molecular weight is 652 g/mol. The molecule has 0 radical (unpaired) electrons. The van der Waals surface area contributed by atoms with Crippen LogP contribution in [0.2, 0.25) is 0 Å². The van der Waals surface area contributed by atoms with Crippen molar-refractivity contribution in [2.24, 2.45) is 0 Å². The quantitative estimate of drug-likeness (QED) is 0.125. The third-order valence-electron chi connectivity index (χ3n) is 9.55. The maximum Gasteiger partial charge on any atom is 0.335 e. The Labute approximate surface area is 294 Å². The largest absolute Gasteiger partial charge is 0.478 e. The molecule has 0 atom stereocenters. The molecule has 1 aliphatic heterocycles. The molecule has 4 nitrogen and oxygen atoms in total. The summed E-state index contributed by atoms with van der Waals surface area (Å²) >= 11 is 0. The van der Waals surface area contributed by atoms with Crippen LogP contribution in [0.25, 0.3) is 28.3 Å². The van der Waals surface area contributed by atoms with Crippen LogP contribution in [0.15, 0.2) is 170 Å². The molecule has 0 fully saturated rings. The monoisotopic (exact) mass is 651 g/mol. The zero-order valence-corrected chi connectivity index (χ0v) is 28.5. The van der Waals surface area contributed by atoms with Crippen molar-refractivity contribution in [2.45, 2.75) is 19.3 Å². The molecule has 6 aromatic carbocycles. The first-order valence-corrected chi connectivity index (χ1v) is 16.8. The van der Waals surface area contributed by atoms with Gasteiger partial charge in [0, 0.05) is 34.8 Å². The highest BCUT2D eigenvalue weighted by atomic mass is 16.4. The summed E-state index contributed by atoms with van der Waals surface area (Å²) in [5.74, 6) is -0.908. The molecule has 0 saturated heterocycles. The van der Waals surface area contributed by atoms with Crippen molar-refractivity contribution in [1.82, 2.24) is 0 Å². The molecule has 7 rings (SSSR count). The second-order valence-corrected chi connectivity index (χ2v) is 13.1. The molecule has 0 bridgehead atoms. The summed E-state index contributed by atoms with van der Waals surface area (Å²) in [6.07, 6.45) is 8.33. The highest BCUT2D eigenvalue weighted by Gasteiger charge is 2.43. The number of carboxylic acid groups (broad SMARTS) is 1. The number of fused-ring (bicyclic) bond motifs is 1. The van der Waals surface area contributed by atoms with Crippen molar-refractivity contribution in [3.63, 3.8) is 0 Å². The van der Waals surface area contributed by atoms with E-state index in [9.17, 15) is 9.90 Å². The van der Waals surface area contributed by atoms with Gasteiger partial charge in [-0.25, -0.2) is 4.79 Å². The van der Waals surface area contributed by atoms with Gasteiger partial charge in [0.2, 0.25) is 5.69 Å². The summed E-state index contributed by atoms with van der Waals surface area (Å²) in [6.45, 7) is 4.28. The van der Waals surface area contributed by atoms with Gasteiger partial charge in [-0.2, -0.15) is 4.58 Å². The van der Waals surface area contributed by atoms with Crippen molar-refractivity contribution >= 4 is 40.5 Å². The molecule has 244 valence electrons. The van der Waals surface area contributed by atoms with Gasteiger partial charge in [-0.1, -0.05) is 115 Å². The van der Waals surface area contributed by atoms with E-state index in [2.05, 4.69) is 169 Å². The van der Waals surface area contributed by atoms with Crippen LogP contribution in [-0.2, 0) is 5.41 Å². The normalized spacial score (nSPS) is 13.6. The van der Waals surface area contributed by atoms with Gasteiger partial charge in [0.25, 0.3) is 0 Å². The van der Waals surface area contributed by atoms with Crippen LogP contribution in [-0.4, -0.2) is 28.4 Å². The summed E-state index contributed by atoms with van der Waals surface area (Å²) in [5, 5.41) is 9.52. The molecular formula is C46H39N2O2+. The lowest BCUT2D eigenvalue weighted by Crippen LogP contribution is -2.26. The fraction of sp³-hybridized carbons (Fsp3) is 0.0870. The summed E-state index contributed by atoms with van der Waals surface area (Å²) in [5.41, 5.74) is 12.3. The SMILES string of the molecule is C[N+]1=C(C=CC=Cc2ccc(N(c3ccc(-c4ccccc4)cc3)c3ccc(-c4ccccc4)cc3)cc2)C(C)(C)c2cc(C(=O)O)ccc21. The van der Waals surface area contributed by atoms with E-state index in [1.807, 2.05) is 25.2 Å². The lowest BCUT2D eigenvalue weighted by molar-refractivity contribution is -0.401. The van der Waals surface area contributed by atoms with E-state index in [4.69, 9.17) is 0 Å². The van der Waals surface area contributed by atoms with E-state index in [1.165, 1.54) is 22.3 Å². The van der Waals surface area contributed by atoms with Crippen molar-refractivity contribution in [2.75, 3.05) is 11.9 Å². The first kappa shape index (κ1) is 32.3. The van der Waals surface area contributed by atoms with Crippen LogP contribution < -0.4 is 4.90 Å². The molecule has 0 aromatic heterocycles. The molecule has 0 saturated carbocycles. The van der Waals surface area contributed by atoms with Crippen LogP contribution >= 0.6 is 0 Å². The minimum absolute atomic E-state index is 0.311. The molecule has 6 aromatic rings. The maximum absolute atomic E-state index is 11.6. The molecule has 0 unspecified atom stereocenters. The van der Waals surface area contributed by atoms with Gasteiger partial charge >= 0.3 is 5.97 Å². The number of carbonyl (C=O) groups is 1. The van der Waals surface area contributed by atoms with Crippen molar-refractivity contribution in [1.29, 1.82) is 0 Å². The average Bonchev–Trinajstić information content (AvgIpc) is 3.35. The lowest BCUT2D eigenvalue weighted by Gasteiger charge is -2.26. The van der Waals surface area contributed by atoms with Gasteiger partial charge in [-0.15, -0.1) is 0 Å². The van der Waals surface area contributed by atoms with Gasteiger partial charge in [0.15, 0.2) is 5.71 Å². The number of nitrogens with zero attached hydrogens (tertiary/aromatic N) is 2. The minimum atomic E-state index is -0.908. The molecule has 50 heavy (non-hydrogen) atoms. The zero-order valence-electron chi connectivity index (χ0n) is 28.5. The molecule has 4 heteroatoms. The van der Waals surface area contributed by atoms with E-state index < -0.39 is 5.97 Å². The highest BCUT2D eigenvalue weighted by molar-refractivity contribution is 6.04. The van der Waals surface area contributed by atoms with Crippen molar-refractivity contribution < 1.29 is 14.5 Å². The topological polar surface area (TPSA) is 43.5 Å². The van der Waals surface area contributed by atoms with Gasteiger partial charge in [-0.3, -0.25) is 0 Å². The predicted octanol–water partition coefficient (Wildman–Crippen LogP) is 11.5. The number of aromatic carboxylic acids is 1. The Morgan fingerprint density at radius 2 is 1.06 bits per heavy atom. The predicted molar refractivity (Wildman–Crippen MR) is 207 cm³/mol. The summed E-state index contributed by atoms with van der Waals surface area (Å²) < 4.78 is 2.15. The first-order chi connectivity index (χ1) is 24.3. The van der Waals surface area contributed by atoms with Gasteiger partial charge < -0.3 is 10.0 Å². The smallest absolute Gasteiger partial charge is 0.335 e. The number of anilines is 3. The Morgan fingerprint density at radius 3 is 1.56 bits per heavy atom. The molecule has 1 N–H and O–H groups in total. The Balaban J connectivity index is 1.14. The summed E-state index contributed by atoms with van der Waals surface area (Å²) in [4.78, 5) is 13.9. The van der Waals surface area contributed by atoms with Gasteiger partial charge in [0.1, 0.15) is 7.05 Å². The molecule has 0 aliphatic carbocycles. The molecule has 1 heterocycles. The molecule has 0 spiro atoms. The third-order valence-corrected chi connectivity index (χ3v) is 9.55. The van der Waals surface area contributed by atoms with E-state index in [0.29, 0.717) is 5.56 Å². The number of benzene rings is 6. The second-order valence-electron chi connectivity index (χ2n) is 13.1. The number of hydrogen-bond acceptors (Lipinski definition) is 2. The van der Waals surface area contributed by atoms with Crippen LogP contribution in [0.5, 0.6) is 0 Å². The maximum atomic E-state index is 11.6. The Bertz CT molecular complexity index is 2150. The van der Waals surface area contributed by atoms with Crippen LogP contribution in [0.4, 0.5) is 22.7 Å². The van der Waals surface area contributed by atoms with E-state index in [1.54, 1.807) is 12.1 Å². The number of hydrogen-bond donors (Lipinski definition) is 1. The van der Waals surface area contributed by atoms with E-state index in [-0.39, 0.29) is 5.41 Å². The van der Waals surface area contributed by atoms with E-state index in [0.717, 1.165) is 39.6 Å². The lowest BCUT2D eigenvalue weighted by atomic mass is 9.81. The highest BCUT2D eigenvalue weighted by Crippen LogP contribution is 2.40. The van der Waals surface area contributed by atoms with Crippen molar-refractivity contribution in [3.8, 4) is 22.3 Å². The first-order valence-electron chi connectivity index (χ1n) is 16.8. The molecular weight excluding hydrogens is 613 g/mol. The number of allylic oxidation sites excluding steroid dienone is 3. The fourth-order valence-corrected chi connectivity index (χ4v) is 6.83. The fourth-order valence-electron chi connectivity index (χ4n) is 6.83. The zero-order chi connectivity index (χ0) is 34.7. The van der Waals surface area contributed by atoms with Gasteiger partial charge in [0.05, 0.1) is 11.0 Å². The number of carboxylic acids is 1. The van der Waals surface area contributed by atoms with E-state index >= 15 is 0 Å². The van der Waals surface area contributed by atoms with Gasteiger partial charge in [-0.05, 0) is 90.2 Å². The van der Waals surface area contributed by atoms with Crippen LogP contribution in [0.3, 0.4) is 0 Å². The summed E-state index contributed by atoms with van der Waals surface area (Å²) in [7, 11) is 2.03. The Hall–Kier alpha value is -6.26. The second kappa shape index (κ2) is 13.7. The Morgan fingerprint density at radius 1 is 0.600 bits per heavy atom. The van der Waals surface area contributed by atoms with Crippen LogP contribution in [0, 0.1) is 0 Å². The Kier molecular flexibility index (Phi) is 8.85. The third kappa shape index (κ3) is 6.44. The summed E-state index contributed by atoms with van der Waals surface area (Å²) in [6, 6.07) is 52.4. The minimum Gasteiger partial charge on any atom is -0.478 e. The number of rotatable bonds is 9. The van der Waals surface area contributed by atoms with Crippen molar-refractivity contribution in [3.05, 3.63) is 187 Å².